The predicted octanol–water partition coefficient (Wildman–Crippen LogP) is 3.84. The third-order valence-corrected chi connectivity index (χ3v) is 3.16. The highest BCUT2D eigenvalue weighted by Crippen LogP contribution is 2.23. The van der Waals surface area contributed by atoms with Gasteiger partial charge in [0, 0.05) is 23.4 Å². The standard InChI is InChI=1S/C16H14ClFO2/c1-20-16-6-5-13(17)9-12(16)10-15(19)8-11-3-2-4-14(18)7-11/h2-7,9H,8,10H2,1H3. The smallest absolute Gasteiger partial charge is 0.141 e. The van der Waals surface area contributed by atoms with Crippen molar-refractivity contribution < 1.29 is 13.9 Å². The van der Waals surface area contributed by atoms with Crippen LogP contribution in [0.15, 0.2) is 42.5 Å². The van der Waals surface area contributed by atoms with Crippen LogP contribution in [0.5, 0.6) is 5.75 Å². The Bertz CT molecular complexity index is 626. The molecule has 0 fully saturated rings. The summed E-state index contributed by atoms with van der Waals surface area (Å²) in [6.45, 7) is 0. The number of rotatable bonds is 5. The van der Waals surface area contributed by atoms with Gasteiger partial charge in [-0.05, 0) is 35.9 Å². The minimum absolute atomic E-state index is 0.0174. The topological polar surface area (TPSA) is 26.3 Å². The fraction of sp³-hybridized carbons (Fsp3) is 0.188. The molecule has 0 saturated heterocycles. The van der Waals surface area contributed by atoms with E-state index in [4.69, 9.17) is 16.3 Å². The van der Waals surface area contributed by atoms with Gasteiger partial charge < -0.3 is 4.74 Å². The highest BCUT2D eigenvalue weighted by Gasteiger charge is 2.10. The molecule has 0 aliphatic rings. The molecule has 2 nitrogen and oxygen atoms in total. The number of carbonyl (C=O) groups is 1. The Kier molecular flexibility index (Phi) is 4.74. The molecule has 0 heterocycles. The normalized spacial score (nSPS) is 10.3. The first-order valence-corrected chi connectivity index (χ1v) is 6.55. The monoisotopic (exact) mass is 292 g/mol. The molecule has 0 aromatic heterocycles. The summed E-state index contributed by atoms with van der Waals surface area (Å²) < 4.78 is 18.3. The summed E-state index contributed by atoms with van der Waals surface area (Å²) >= 11 is 5.92. The molecule has 0 amide bonds. The molecule has 2 rings (SSSR count). The summed E-state index contributed by atoms with van der Waals surface area (Å²) in [6, 6.07) is 11.2. The number of hydrogen-bond acceptors (Lipinski definition) is 2. The van der Waals surface area contributed by atoms with Crippen LogP contribution in [0.25, 0.3) is 0 Å². The number of ketones is 1. The summed E-state index contributed by atoms with van der Waals surface area (Å²) in [6.07, 6.45) is 0.397. The summed E-state index contributed by atoms with van der Waals surface area (Å²) in [5.74, 6) is 0.272. The molecule has 0 N–H and O–H groups in total. The lowest BCUT2D eigenvalue weighted by atomic mass is 10.0. The van der Waals surface area contributed by atoms with Crippen molar-refractivity contribution in [1.29, 1.82) is 0 Å². The molecule has 0 bridgehead atoms. The fourth-order valence-corrected chi connectivity index (χ4v) is 2.23. The van der Waals surface area contributed by atoms with Gasteiger partial charge in [-0.1, -0.05) is 23.7 Å². The van der Waals surface area contributed by atoms with E-state index in [2.05, 4.69) is 0 Å². The van der Waals surface area contributed by atoms with E-state index >= 15 is 0 Å². The Morgan fingerprint density at radius 3 is 2.70 bits per heavy atom. The van der Waals surface area contributed by atoms with Gasteiger partial charge in [0.25, 0.3) is 0 Å². The van der Waals surface area contributed by atoms with Gasteiger partial charge in [0.2, 0.25) is 0 Å². The van der Waals surface area contributed by atoms with Gasteiger partial charge in [-0.2, -0.15) is 0 Å². The maximum Gasteiger partial charge on any atom is 0.141 e. The SMILES string of the molecule is COc1ccc(Cl)cc1CC(=O)Cc1cccc(F)c1. The first-order valence-electron chi connectivity index (χ1n) is 6.17. The van der Waals surface area contributed by atoms with Crippen molar-refractivity contribution in [3.63, 3.8) is 0 Å². The first kappa shape index (κ1) is 14.5. The van der Waals surface area contributed by atoms with Crippen LogP contribution in [0.1, 0.15) is 11.1 Å². The van der Waals surface area contributed by atoms with Gasteiger partial charge in [0.15, 0.2) is 0 Å². The zero-order valence-electron chi connectivity index (χ0n) is 11.0. The van der Waals surface area contributed by atoms with Crippen molar-refractivity contribution in [2.24, 2.45) is 0 Å². The lowest BCUT2D eigenvalue weighted by Gasteiger charge is -2.08. The number of Topliss-reactive ketones (excluding diaryl/α,β-unsaturated/α-hetero) is 1. The van der Waals surface area contributed by atoms with Gasteiger partial charge in [0.1, 0.15) is 17.3 Å². The van der Waals surface area contributed by atoms with Crippen molar-refractivity contribution in [3.05, 3.63) is 64.4 Å². The van der Waals surface area contributed by atoms with Crippen molar-refractivity contribution >= 4 is 17.4 Å². The minimum atomic E-state index is -0.337. The Morgan fingerprint density at radius 1 is 1.20 bits per heavy atom. The summed E-state index contributed by atoms with van der Waals surface area (Å²) in [4.78, 5) is 12.1. The number of methoxy groups -OCH3 is 1. The number of halogens is 2. The van der Waals surface area contributed by atoms with Crippen LogP contribution in [0.4, 0.5) is 4.39 Å². The van der Waals surface area contributed by atoms with E-state index in [0.29, 0.717) is 16.3 Å². The Hall–Kier alpha value is -1.87. The minimum Gasteiger partial charge on any atom is -0.496 e. The van der Waals surface area contributed by atoms with Crippen LogP contribution in [0, 0.1) is 5.82 Å². The Labute approximate surface area is 122 Å². The van der Waals surface area contributed by atoms with Gasteiger partial charge in [-0.15, -0.1) is 0 Å². The van der Waals surface area contributed by atoms with Crippen LogP contribution >= 0.6 is 11.6 Å². The molecule has 4 heteroatoms. The second-order valence-corrected chi connectivity index (χ2v) is 4.91. The number of benzene rings is 2. The molecule has 0 atom stereocenters. The van der Waals surface area contributed by atoms with E-state index in [-0.39, 0.29) is 24.4 Å². The average molecular weight is 293 g/mol. The molecule has 0 saturated carbocycles. The third kappa shape index (κ3) is 3.81. The van der Waals surface area contributed by atoms with Crippen molar-refractivity contribution in [3.8, 4) is 5.75 Å². The van der Waals surface area contributed by atoms with E-state index in [1.807, 2.05) is 0 Å². The van der Waals surface area contributed by atoms with E-state index in [1.54, 1.807) is 37.4 Å². The highest BCUT2D eigenvalue weighted by molar-refractivity contribution is 6.30. The molecule has 2 aromatic carbocycles. The summed E-state index contributed by atoms with van der Waals surface area (Å²) in [5.41, 5.74) is 1.40. The Balaban J connectivity index is 2.10. The Morgan fingerprint density at radius 2 is 2.00 bits per heavy atom. The van der Waals surface area contributed by atoms with Crippen LogP contribution in [-0.2, 0) is 17.6 Å². The van der Waals surface area contributed by atoms with E-state index in [0.717, 1.165) is 5.56 Å². The van der Waals surface area contributed by atoms with E-state index < -0.39 is 0 Å². The average Bonchev–Trinajstić information content (AvgIpc) is 2.38. The number of carbonyl (C=O) groups excluding carboxylic acids is 1. The lowest BCUT2D eigenvalue weighted by Crippen LogP contribution is -2.08. The number of hydrogen-bond donors (Lipinski definition) is 0. The quantitative estimate of drug-likeness (QED) is 0.837. The van der Waals surface area contributed by atoms with Gasteiger partial charge in [0.05, 0.1) is 7.11 Å². The van der Waals surface area contributed by atoms with Crippen LogP contribution < -0.4 is 4.74 Å². The van der Waals surface area contributed by atoms with Crippen molar-refractivity contribution in [1.82, 2.24) is 0 Å². The second kappa shape index (κ2) is 6.53. The molecule has 0 aliphatic carbocycles. The van der Waals surface area contributed by atoms with Gasteiger partial charge in [-0.3, -0.25) is 4.79 Å². The molecule has 0 radical (unpaired) electrons. The molecule has 20 heavy (non-hydrogen) atoms. The van der Waals surface area contributed by atoms with Crippen molar-refractivity contribution in [2.75, 3.05) is 7.11 Å². The second-order valence-electron chi connectivity index (χ2n) is 4.48. The van der Waals surface area contributed by atoms with Crippen LogP contribution in [0.2, 0.25) is 5.02 Å². The molecule has 104 valence electrons. The van der Waals surface area contributed by atoms with Gasteiger partial charge >= 0.3 is 0 Å². The molecular weight excluding hydrogens is 279 g/mol. The summed E-state index contributed by atoms with van der Waals surface area (Å²) in [5, 5.41) is 0.555. The predicted molar refractivity (Wildman–Crippen MR) is 76.8 cm³/mol. The fourth-order valence-electron chi connectivity index (χ4n) is 2.03. The summed E-state index contributed by atoms with van der Waals surface area (Å²) in [7, 11) is 1.55. The zero-order chi connectivity index (χ0) is 14.5. The molecule has 0 unspecified atom stereocenters. The van der Waals surface area contributed by atoms with Crippen molar-refractivity contribution in [2.45, 2.75) is 12.8 Å². The molecular formula is C16H14ClFO2. The van der Waals surface area contributed by atoms with Crippen LogP contribution in [0.3, 0.4) is 0 Å². The molecule has 2 aromatic rings. The van der Waals surface area contributed by atoms with E-state index in [9.17, 15) is 9.18 Å². The molecule has 0 aliphatic heterocycles. The maximum absolute atomic E-state index is 13.1. The lowest BCUT2D eigenvalue weighted by molar-refractivity contribution is -0.117. The third-order valence-electron chi connectivity index (χ3n) is 2.92. The van der Waals surface area contributed by atoms with E-state index in [1.165, 1.54) is 12.1 Å². The zero-order valence-corrected chi connectivity index (χ0v) is 11.8. The largest absolute Gasteiger partial charge is 0.496 e. The molecule has 0 spiro atoms. The highest BCUT2D eigenvalue weighted by atomic mass is 35.5. The maximum atomic E-state index is 13.1. The first-order chi connectivity index (χ1) is 9.58. The number of ether oxygens (including phenoxy) is 1. The van der Waals surface area contributed by atoms with Gasteiger partial charge in [-0.25, -0.2) is 4.39 Å². The van der Waals surface area contributed by atoms with Crippen LogP contribution in [-0.4, -0.2) is 12.9 Å².